The van der Waals surface area contributed by atoms with Crippen molar-refractivity contribution in [3.05, 3.63) is 77.3 Å². The van der Waals surface area contributed by atoms with Crippen LogP contribution in [0.1, 0.15) is 24.2 Å². The van der Waals surface area contributed by atoms with Crippen molar-refractivity contribution >= 4 is 40.5 Å². The lowest BCUT2D eigenvalue weighted by atomic mass is 10.1. The van der Waals surface area contributed by atoms with E-state index in [1.54, 1.807) is 42.3 Å². The van der Waals surface area contributed by atoms with Crippen molar-refractivity contribution in [1.82, 2.24) is 4.90 Å². The van der Waals surface area contributed by atoms with E-state index in [1.807, 2.05) is 44.2 Å². The summed E-state index contributed by atoms with van der Waals surface area (Å²) in [6.45, 7) is 8.05. The van der Waals surface area contributed by atoms with Crippen molar-refractivity contribution in [2.45, 2.75) is 13.8 Å². The van der Waals surface area contributed by atoms with Gasteiger partial charge in [-0.05, 0) is 68.4 Å². The van der Waals surface area contributed by atoms with Crippen molar-refractivity contribution in [1.29, 1.82) is 0 Å². The topological polar surface area (TPSA) is 74.4 Å². The van der Waals surface area contributed by atoms with Crippen molar-refractivity contribution in [3.8, 4) is 11.5 Å². The number of piperazine rings is 1. The van der Waals surface area contributed by atoms with E-state index in [0.29, 0.717) is 35.1 Å². The molecule has 1 N–H and O–H groups in total. The van der Waals surface area contributed by atoms with Gasteiger partial charge in [-0.15, -0.1) is 0 Å². The maximum atomic E-state index is 13.5. The Morgan fingerprint density at radius 2 is 1.54 bits per heavy atom. The monoisotopic (exact) mass is 550 g/mol. The van der Waals surface area contributed by atoms with Gasteiger partial charge >= 0.3 is 0 Å². The number of hydrogen-bond donors (Lipinski definition) is 1. The fourth-order valence-corrected chi connectivity index (χ4v) is 4.82. The Kier molecular flexibility index (Phi) is 9.54. The predicted octanol–water partition coefficient (Wildman–Crippen LogP) is 5.17. The van der Waals surface area contributed by atoms with Crippen LogP contribution in [0.15, 0.2) is 66.7 Å². The van der Waals surface area contributed by atoms with E-state index in [9.17, 15) is 9.59 Å². The summed E-state index contributed by atoms with van der Waals surface area (Å²) in [5, 5.41) is 3.46. The van der Waals surface area contributed by atoms with Crippen LogP contribution in [0.3, 0.4) is 0 Å². The number of rotatable bonds is 10. The number of para-hydroxylation sites is 2. The lowest BCUT2D eigenvalue weighted by Crippen LogP contribution is -2.47. The maximum Gasteiger partial charge on any atom is 0.262 e. The first-order chi connectivity index (χ1) is 18.9. The van der Waals surface area contributed by atoms with Crippen LogP contribution in [0, 0.1) is 0 Å². The minimum Gasteiger partial charge on any atom is -0.495 e. The summed E-state index contributed by atoms with van der Waals surface area (Å²) in [6, 6.07) is 20.4. The maximum absolute atomic E-state index is 13.5. The van der Waals surface area contributed by atoms with Crippen LogP contribution in [0.2, 0.25) is 5.02 Å². The molecule has 8 nitrogen and oxygen atoms in total. The average Bonchev–Trinajstić information content (AvgIpc) is 2.97. The van der Waals surface area contributed by atoms with E-state index in [1.165, 1.54) is 0 Å². The molecule has 0 atom stereocenters. The summed E-state index contributed by atoms with van der Waals surface area (Å²) in [7, 11) is 1.68. The van der Waals surface area contributed by atoms with E-state index < -0.39 is 0 Å². The molecule has 0 aliphatic carbocycles. The summed E-state index contributed by atoms with van der Waals surface area (Å²) < 4.78 is 11.1. The molecule has 9 heteroatoms. The smallest absolute Gasteiger partial charge is 0.262 e. The van der Waals surface area contributed by atoms with Crippen LogP contribution >= 0.6 is 11.6 Å². The Labute approximate surface area is 235 Å². The average molecular weight is 551 g/mol. The van der Waals surface area contributed by atoms with Gasteiger partial charge in [0.2, 0.25) is 0 Å². The van der Waals surface area contributed by atoms with E-state index in [2.05, 4.69) is 21.2 Å². The SMILES string of the molecule is CCN(CC)C(=O)c1cc(NC(=O)COc2ccc(Cl)cc2)ccc1N1CCN(c2ccccc2OC)CC1. The van der Waals surface area contributed by atoms with Crippen molar-refractivity contribution in [2.75, 3.05) is 68.1 Å². The molecule has 0 saturated carbocycles. The van der Waals surface area contributed by atoms with Crippen LogP contribution in [0.4, 0.5) is 17.1 Å². The first-order valence-electron chi connectivity index (χ1n) is 13.2. The summed E-state index contributed by atoms with van der Waals surface area (Å²) in [4.78, 5) is 32.5. The third-order valence-electron chi connectivity index (χ3n) is 6.79. The summed E-state index contributed by atoms with van der Waals surface area (Å²) in [5.74, 6) is 1.03. The van der Waals surface area contributed by atoms with Gasteiger partial charge in [-0.2, -0.15) is 0 Å². The number of ether oxygens (including phenoxy) is 2. The Bertz CT molecular complexity index is 1270. The van der Waals surface area contributed by atoms with Gasteiger partial charge in [-0.1, -0.05) is 23.7 Å². The number of hydrogen-bond acceptors (Lipinski definition) is 6. The molecule has 1 saturated heterocycles. The number of benzene rings is 3. The fourth-order valence-electron chi connectivity index (χ4n) is 4.70. The molecule has 0 spiro atoms. The van der Waals surface area contributed by atoms with Crippen LogP contribution in [0.5, 0.6) is 11.5 Å². The number of anilines is 3. The first-order valence-corrected chi connectivity index (χ1v) is 13.6. The highest BCUT2D eigenvalue weighted by Gasteiger charge is 2.25. The Hall–Kier alpha value is -3.91. The summed E-state index contributed by atoms with van der Waals surface area (Å²) in [6.07, 6.45) is 0. The van der Waals surface area contributed by atoms with Crippen molar-refractivity contribution in [3.63, 3.8) is 0 Å². The van der Waals surface area contributed by atoms with Gasteiger partial charge in [-0.25, -0.2) is 0 Å². The Morgan fingerprint density at radius 3 is 2.18 bits per heavy atom. The highest BCUT2D eigenvalue weighted by molar-refractivity contribution is 6.30. The van der Waals surface area contributed by atoms with Gasteiger partial charge in [-0.3, -0.25) is 9.59 Å². The molecule has 3 aromatic rings. The number of methoxy groups -OCH3 is 1. The van der Waals surface area contributed by atoms with Crippen molar-refractivity contribution < 1.29 is 19.1 Å². The van der Waals surface area contributed by atoms with E-state index in [-0.39, 0.29) is 18.4 Å². The number of halogens is 1. The summed E-state index contributed by atoms with van der Waals surface area (Å²) in [5.41, 5.74) is 3.05. The van der Waals surface area contributed by atoms with E-state index in [0.717, 1.165) is 43.3 Å². The molecule has 1 aliphatic heterocycles. The van der Waals surface area contributed by atoms with Gasteiger partial charge in [0, 0.05) is 55.7 Å². The lowest BCUT2D eigenvalue weighted by Gasteiger charge is -2.38. The molecule has 0 aromatic heterocycles. The highest BCUT2D eigenvalue weighted by atomic mass is 35.5. The molecule has 3 aromatic carbocycles. The molecule has 0 bridgehead atoms. The second-order valence-corrected chi connectivity index (χ2v) is 9.58. The second-order valence-electron chi connectivity index (χ2n) is 9.15. The minimum absolute atomic E-state index is 0.0596. The normalized spacial score (nSPS) is 13.1. The molecule has 1 aliphatic rings. The van der Waals surface area contributed by atoms with Gasteiger partial charge < -0.3 is 29.5 Å². The van der Waals surface area contributed by atoms with Gasteiger partial charge in [0.05, 0.1) is 18.4 Å². The Balaban J connectivity index is 1.49. The molecule has 1 heterocycles. The second kappa shape index (κ2) is 13.2. The zero-order valence-electron chi connectivity index (χ0n) is 22.7. The zero-order valence-corrected chi connectivity index (χ0v) is 23.4. The fraction of sp³-hybridized carbons (Fsp3) is 0.333. The molecule has 4 rings (SSSR count). The van der Waals surface area contributed by atoms with Gasteiger partial charge in [0.15, 0.2) is 6.61 Å². The standard InChI is InChI=1S/C30H35ClN4O4/c1-4-33(5-2)30(37)25-20-23(32-29(36)21-39-24-13-10-22(31)11-14-24)12-15-26(25)34-16-18-35(19-17-34)27-8-6-7-9-28(27)38-3/h6-15,20H,4-5,16-19,21H2,1-3H3,(H,32,36). The number of carbonyl (C=O) groups is 2. The van der Waals surface area contributed by atoms with Gasteiger partial charge in [0.1, 0.15) is 11.5 Å². The highest BCUT2D eigenvalue weighted by Crippen LogP contribution is 2.31. The summed E-state index contributed by atoms with van der Waals surface area (Å²) >= 11 is 5.90. The number of nitrogens with one attached hydrogen (secondary N) is 1. The molecule has 2 amide bonds. The molecule has 1 fully saturated rings. The zero-order chi connectivity index (χ0) is 27.8. The lowest BCUT2D eigenvalue weighted by molar-refractivity contribution is -0.118. The van der Waals surface area contributed by atoms with Crippen LogP contribution in [-0.4, -0.2) is 69.7 Å². The number of carbonyl (C=O) groups excluding carboxylic acids is 2. The quantitative estimate of drug-likeness (QED) is 0.375. The molecular weight excluding hydrogens is 516 g/mol. The van der Waals surface area contributed by atoms with Crippen LogP contribution < -0.4 is 24.6 Å². The molecular formula is C30H35ClN4O4. The third kappa shape index (κ3) is 6.95. The Morgan fingerprint density at radius 1 is 0.897 bits per heavy atom. The third-order valence-corrected chi connectivity index (χ3v) is 7.04. The van der Waals surface area contributed by atoms with Crippen molar-refractivity contribution in [2.24, 2.45) is 0 Å². The van der Waals surface area contributed by atoms with Gasteiger partial charge in [0.25, 0.3) is 11.8 Å². The number of amides is 2. The van der Waals surface area contributed by atoms with E-state index >= 15 is 0 Å². The molecule has 0 radical (unpaired) electrons. The van der Waals surface area contributed by atoms with Crippen LogP contribution in [0.25, 0.3) is 0 Å². The first kappa shape index (κ1) is 28.1. The van der Waals surface area contributed by atoms with E-state index in [4.69, 9.17) is 21.1 Å². The van der Waals surface area contributed by atoms with Crippen LogP contribution in [-0.2, 0) is 4.79 Å². The number of nitrogens with zero attached hydrogens (tertiary/aromatic N) is 3. The minimum atomic E-state index is -0.315. The predicted molar refractivity (Wildman–Crippen MR) is 157 cm³/mol. The molecule has 206 valence electrons. The largest absolute Gasteiger partial charge is 0.495 e. The molecule has 0 unspecified atom stereocenters. The molecule has 39 heavy (non-hydrogen) atoms.